The maximum atomic E-state index is 9.15. The van der Waals surface area contributed by atoms with Crippen LogP contribution in [0.1, 0.15) is 5.56 Å². The van der Waals surface area contributed by atoms with Gasteiger partial charge >= 0.3 is 0 Å². The molecule has 0 aliphatic heterocycles. The Hall–Kier alpha value is -4.61. The number of nitriles is 1. The molecule has 0 bridgehead atoms. The van der Waals surface area contributed by atoms with E-state index in [1.165, 1.54) is 32.9 Å². The fourth-order valence-corrected chi connectivity index (χ4v) is 4.68. The molecule has 0 saturated carbocycles. The number of rotatable bonds is 3. The molecule has 33 heavy (non-hydrogen) atoms. The molecule has 0 spiro atoms. The summed E-state index contributed by atoms with van der Waals surface area (Å²) in [6.45, 7) is 0. The second-order valence-corrected chi connectivity index (χ2v) is 8.16. The molecule has 5 aromatic carbocycles. The third kappa shape index (κ3) is 3.19. The first-order valence-electron chi connectivity index (χ1n) is 11.0. The van der Waals surface area contributed by atoms with Gasteiger partial charge in [-0.2, -0.15) is 5.26 Å². The Morgan fingerprint density at radius 1 is 0.515 bits per heavy atom. The summed E-state index contributed by atoms with van der Waals surface area (Å²) in [7, 11) is 0. The van der Waals surface area contributed by atoms with Crippen molar-refractivity contribution < 1.29 is 0 Å². The van der Waals surface area contributed by atoms with Crippen LogP contribution < -0.4 is 0 Å². The number of hydrogen-bond acceptors (Lipinski definition) is 1. The normalized spacial score (nSPS) is 11.0. The molecule has 1 heterocycles. The first-order valence-corrected chi connectivity index (χ1v) is 11.0. The van der Waals surface area contributed by atoms with Crippen molar-refractivity contribution in [3.8, 4) is 34.0 Å². The SMILES string of the molecule is N#Cc1ccc(-c2ccc(-n3c4ccccc4c4ccccc43)c(-c3ccccc3)c2)cc1. The molecular formula is C31H20N2. The lowest BCUT2D eigenvalue weighted by Gasteiger charge is -2.16. The number of benzene rings is 5. The highest BCUT2D eigenvalue weighted by Crippen LogP contribution is 2.37. The van der Waals surface area contributed by atoms with Gasteiger partial charge in [-0.25, -0.2) is 0 Å². The smallest absolute Gasteiger partial charge is 0.0991 e. The van der Waals surface area contributed by atoms with Gasteiger partial charge in [0.2, 0.25) is 0 Å². The average molecular weight is 421 g/mol. The Labute approximate surface area is 192 Å². The maximum Gasteiger partial charge on any atom is 0.0991 e. The van der Waals surface area contributed by atoms with E-state index in [1.54, 1.807) is 0 Å². The molecular weight excluding hydrogens is 400 g/mol. The van der Waals surface area contributed by atoms with E-state index in [-0.39, 0.29) is 0 Å². The second-order valence-electron chi connectivity index (χ2n) is 8.16. The van der Waals surface area contributed by atoms with Crippen LogP contribution in [0.5, 0.6) is 0 Å². The summed E-state index contributed by atoms with van der Waals surface area (Å²) < 4.78 is 2.37. The topological polar surface area (TPSA) is 28.7 Å². The van der Waals surface area contributed by atoms with Gasteiger partial charge in [0.15, 0.2) is 0 Å². The molecule has 1 aromatic heterocycles. The summed E-state index contributed by atoms with van der Waals surface area (Å²) in [5.74, 6) is 0. The summed E-state index contributed by atoms with van der Waals surface area (Å²) >= 11 is 0. The van der Waals surface area contributed by atoms with Crippen molar-refractivity contribution >= 4 is 21.8 Å². The highest BCUT2D eigenvalue weighted by Gasteiger charge is 2.16. The highest BCUT2D eigenvalue weighted by molar-refractivity contribution is 6.09. The third-order valence-electron chi connectivity index (χ3n) is 6.25. The predicted octanol–water partition coefficient (Wildman–Crippen LogP) is 7.99. The first-order chi connectivity index (χ1) is 16.3. The summed E-state index contributed by atoms with van der Waals surface area (Å²) in [5, 5.41) is 11.7. The van der Waals surface area contributed by atoms with Gasteiger partial charge in [-0.15, -0.1) is 0 Å². The number of aromatic nitrogens is 1. The molecule has 0 radical (unpaired) electrons. The molecule has 0 aliphatic carbocycles. The van der Waals surface area contributed by atoms with Crippen molar-refractivity contribution in [2.75, 3.05) is 0 Å². The van der Waals surface area contributed by atoms with Gasteiger partial charge in [0.05, 0.1) is 28.4 Å². The molecule has 0 saturated heterocycles. The molecule has 0 atom stereocenters. The minimum Gasteiger partial charge on any atom is -0.309 e. The zero-order valence-electron chi connectivity index (χ0n) is 17.9. The first kappa shape index (κ1) is 19.1. The average Bonchev–Trinajstić information content (AvgIpc) is 3.23. The minimum atomic E-state index is 0.670. The lowest BCUT2D eigenvalue weighted by Crippen LogP contribution is -1.98. The molecule has 0 unspecified atom stereocenters. The van der Waals surface area contributed by atoms with E-state index in [1.807, 2.05) is 30.3 Å². The van der Waals surface area contributed by atoms with Gasteiger partial charge in [0.1, 0.15) is 0 Å². The molecule has 6 rings (SSSR count). The van der Waals surface area contributed by atoms with Crippen LogP contribution in [0.4, 0.5) is 0 Å². The standard InChI is InChI=1S/C31H20N2/c32-21-22-14-16-23(17-15-22)25-18-19-31(28(20-25)24-8-2-1-3-9-24)33-29-12-6-4-10-26(29)27-11-5-7-13-30(27)33/h1-20H. The van der Waals surface area contributed by atoms with Crippen LogP contribution in [-0.4, -0.2) is 4.57 Å². The van der Waals surface area contributed by atoms with Crippen LogP contribution in [0.25, 0.3) is 49.7 Å². The molecule has 2 heteroatoms. The molecule has 2 nitrogen and oxygen atoms in total. The Morgan fingerprint density at radius 2 is 1.09 bits per heavy atom. The van der Waals surface area contributed by atoms with E-state index in [2.05, 4.69) is 102 Å². The Balaban J connectivity index is 1.65. The monoisotopic (exact) mass is 420 g/mol. The third-order valence-corrected chi connectivity index (χ3v) is 6.25. The minimum absolute atomic E-state index is 0.670. The van der Waals surface area contributed by atoms with Gasteiger partial charge in [-0.05, 0) is 53.1 Å². The van der Waals surface area contributed by atoms with Gasteiger partial charge in [-0.1, -0.05) is 84.9 Å². The van der Waals surface area contributed by atoms with E-state index in [4.69, 9.17) is 5.26 Å². The second kappa shape index (κ2) is 7.82. The summed E-state index contributed by atoms with van der Waals surface area (Å²) in [5.41, 5.74) is 8.78. The summed E-state index contributed by atoms with van der Waals surface area (Å²) in [6.07, 6.45) is 0. The molecule has 0 amide bonds. The lowest BCUT2D eigenvalue weighted by molar-refractivity contribution is 1.18. The predicted molar refractivity (Wildman–Crippen MR) is 136 cm³/mol. The van der Waals surface area contributed by atoms with Gasteiger partial charge in [-0.3, -0.25) is 0 Å². The molecule has 6 aromatic rings. The van der Waals surface area contributed by atoms with Gasteiger partial charge < -0.3 is 4.57 Å². The molecule has 0 aliphatic rings. The highest BCUT2D eigenvalue weighted by atomic mass is 15.0. The fraction of sp³-hybridized carbons (Fsp3) is 0. The Morgan fingerprint density at radius 3 is 1.73 bits per heavy atom. The van der Waals surface area contributed by atoms with Crippen LogP contribution in [-0.2, 0) is 0 Å². The van der Waals surface area contributed by atoms with Crippen LogP contribution >= 0.6 is 0 Å². The van der Waals surface area contributed by atoms with E-state index < -0.39 is 0 Å². The molecule has 154 valence electrons. The van der Waals surface area contributed by atoms with Crippen LogP contribution in [0.2, 0.25) is 0 Å². The van der Waals surface area contributed by atoms with Gasteiger partial charge in [0, 0.05) is 16.3 Å². The van der Waals surface area contributed by atoms with Crippen LogP contribution in [0, 0.1) is 11.3 Å². The quantitative estimate of drug-likeness (QED) is 0.285. The van der Waals surface area contributed by atoms with E-state index >= 15 is 0 Å². The van der Waals surface area contributed by atoms with Crippen LogP contribution in [0.15, 0.2) is 121 Å². The van der Waals surface area contributed by atoms with E-state index in [0.717, 1.165) is 16.8 Å². The Kier molecular flexibility index (Phi) is 4.53. The zero-order valence-corrected chi connectivity index (χ0v) is 17.9. The molecule has 0 N–H and O–H groups in total. The van der Waals surface area contributed by atoms with E-state index in [9.17, 15) is 0 Å². The maximum absolute atomic E-state index is 9.15. The number of hydrogen-bond donors (Lipinski definition) is 0. The van der Waals surface area contributed by atoms with Crippen molar-refractivity contribution in [1.82, 2.24) is 4.57 Å². The van der Waals surface area contributed by atoms with Crippen molar-refractivity contribution in [3.63, 3.8) is 0 Å². The van der Waals surface area contributed by atoms with Crippen molar-refractivity contribution in [2.24, 2.45) is 0 Å². The molecule has 0 fully saturated rings. The fourth-order valence-electron chi connectivity index (χ4n) is 4.68. The summed E-state index contributed by atoms with van der Waals surface area (Å²) in [4.78, 5) is 0. The number of nitrogens with zero attached hydrogens (tertiary/aromatic N) is 2. The van der Waals surface area contributed by atoms with Gasteiger partial charge in [0.25, 0.3) is 0 Å². The summed E-state index contributed by atoms with van der Waals surface area (Å²) in [6, 6.07) is 44.4. The van der Waals surface area contributed by atoms with Crippen molar-refractivity contribution in [2.45, 2.75) is 0 Å². The Bertz CT molecular complexity index is 1600. The van der Waals surface area contributed by atoms with Crippen molar-refractivity contribution in [1.29, 1.82) is 5.26 Å². The number of para-hydroxylation sites is 2. The largest absolute Gasteiger partial charge is 0.309 e. The van der Waals surface area contributed by atoms with Crippen molar-refractivity contribution in [3.05, 3.63) is 127 Å². The number of fused-ring (bicyclic) bond motifs is 3. The van der Waals surface area contributed by atoms with Crippen LogP contribution in [0.3, 0.4) is 0 Å². The lowest BCUT2D eigenvalue weighted by atomic mass is 9.96. The van der Waals surface area contributed by atoms with E-state index in [0.29, 0.717) is 5.56 Å². The zero-order chi connectivity index (χ0) is 22.2.